The number of aromatic nitrogens is 1. The van der Waals surface area contributed by atoms with E-state index in [1.807, 2.05) is 23.7 Å². The number of rotatable bonds is 5. The maximum absolute atomic E-state index is 12.8. The average Bonchev–Trinajstić information content (AvgIpc) is 3.36. The van der Waals surface area contributed by atoms with E-state index in [4.69, 9.17) is 11.6 Å². The van der Waals surface area contributed by atoms with E-state index in [1.165, 1.54) is 5.56 Å². The predicted molar refractivity (Wildman–Crippen MR) is 110 cm³/mol. The molecule has 1 aromatic carbocycles. The molecule has 4 rings (SSSR count). The molecule has 0 saturated carbocycles. The summed E-state index contributed by atoms with van der Waals surface area (Å²) in [5.41, 5.74) is 1.28. The van der Waals surface area contributed by atoms with E-state index >= 15 is 0 Å². The van der Waals surface area contributed by atoms with E-state index in [2.05, 4.69) is 32.2 Å². The van der Waals surface area contributed by atoms with Gasteiger partial charge in [0.15, 0.2) is 5.13 Å². The lowest BCUT2D eigenvalue weighted by Gasteiger charge is -2.33. The minimum Gasteiger partial charge on any atom is -0.351 e. The summed E-state index contributed by atoms with van der Waals surface area (Å²) in [6.45, 7) is 3.88. The van der Waals surface area contributed by atoms with Gasteiger partial charge in [0.05, 0.1) is 0 Å². The second-order valence-corrected chi connectivity index (χ2v) is 8.66. The van der Waals surface area contributed by atoms with E-state index < -0.39 is 0 Å². The standard InChI is InChI=1S/C20H25ClN4OS/c21-16-5-3-15(4-6-16)14-24-11-7-17(8-12-24)23-19(26)18-2-1-10-25(18)20-22-9-13-27-20/h3-6,9,13,17-18H,1-2,7-8,10-12,14H2,(H,23,26)/t18-/m0/s1. The van der Waals surface area contributed by atoms with Crippen LogP contribution in [-0.2, 0) is 11.3 Å². The SMILES string of the molecule is O=C(NC1CCN(Cc2ccc(Cl)cc2)CC1)[C@@H]1CCCN1c1nccs1. The van der Waals surface area contributed by atoms with Gasteiger partial charge in [0, 0.05) is 48.8 Å². The number of carbonyl (C=O) groups excluding carboxylic acids is 1. The quantitative estimate of drug-likeness (QED) is 0.827. The molecule has 1 aromatic heterocycles. The van der Waals surface area contributed by atoms with Crippen LogP contribution < -0.4 is 10.2 Å². The summed E-state index contributed by atoms with van der Waals surface area (Å²) in [4.78, 5) is 21.8. The molecule has 0 bridgehead atoms. The molecule has 1 amide bonds. The van der Waals surface area contributed by atoms with Gasteiger partial charge < -0.3 is 10.2 Å². The van der Waals surface area contributed by atoms with Crippen molar-refractivity contribution < 1.29 is 4.79 Å². The molecular weight excluding hydrogens is 380 g/mol. The van der Waals surface area contributed by atoms with Crippen molar-refractivity contribution in [2.45, 2.75) is 44.3 Å². The largest absolute Gasteiger partial charge is 0.351 e. The zero-order chi connectivity index (χ0) is 18.6. The van der Waals surface area contributed by atoms with Crippen molar-refractivity contribution in [3.05, 3.63) is 46.4 Å². The van der Waals surface area contributed by atoms with Crippen LogP contribution in [0.15, 0.2) is 35.8 Å². The second-order valence-electron chi connectivity index (χ2n) is 7.35. The van der Waals surface area contributed by atoms with Gasteiger partial charge in [0.1, 0.15) is 6.04 Å². The Morgan fingerprint density at radius 2 is 1.96 bits per heavy atom. The smallest absolute Gasteiger partial charge is 0.243 e. The summed E-state index contributed by atoms with van der Waals surface area (Å²) in [5.74, 6) is 0.166. The highest BCUT2D eigenvalue weighted by atomic mass is 35.5. The van der Waals surface area contributed by atoms with E-state index in [0.717, 1.165) is 62.0 Å². The number of benzene rings is 1. The van der Waals surface area contributed by atoms with Crippen LogP contribution in [-0.4, -0.2) is 47.5 Å². The number of piperidine rings is 1. The molecular formula is C20H25ClN4OS. The third-order valence-corrected chi connectivity index (χ3v) is 6.53. The lowest BCUT2D eigenvalue weighted by molar-refractivity contribution is -0.123. The molecule has 0 radical (unpaired) electrons. The summed E-state index contributed by atoms with van der Waals surface area (Å²) < 4.78 is 0. The van der Waals surface area contributed by atoms with Crippen LogP contribution in [0.4, 0.5) is 5.13 Å². The Kier molecular flexibility index (Phi) is 5.95. The summed E-state index contributed by atoms with van der Waals surface area (Å²) in [7, 11) is 0. The number of likely N-dealkylation sites (tertiary alicyclic amines) is 1. The Balaban J connectivity index is 1.26. The van der Waals surface area contributed by atoms with E-state index in [0.29, 0.717) is 0 Å². The zero-order valence-electron chi connectivity index (χ0n) is 15.3. The van der Waals surface area contributed by atoms with Crippen LogP contribution in [0.1, 0.15) is 31.2 Å². The van der Waals surface area contributed by atoms with Crippen LogP contribution in [0.25, 0.3) is 0 Å². The summed E-state index contributed by atoms with van der Waals surface area (Å²) >= 11 is 7.57. The highest BCUT2D eigenvalue weighted by Crippen LogP contribution is 2.27. The number of hydrogen-bond acceptors (Lipinski definition) is 5. The first-order chi connectivity index (χ1) is 13.2. The van der Waals surface area contributed by atoms with E-state index in [-0.39, 0.29) is 18.0 Å². The number of nitrogens with zero attached hydrogens (tertiary/aromatic N) is 3. The molecule has 2 aliphatic rings. The fraction of sp³-hybridized carbons (Fsp3) is 0.500. The number of halogens is 1. The second kappa shape index (κ2) is 8.59. The molecule has 0 unspecified atom stereocenters. The van der Waals surface area contributed by atoms with Crippen LogP contribution in [0, 0.1) is 0 Å². The van der Waals surface area contributed by atoms with Crippen molar-refractivity contribution in [3.63, 3.8) is 0 Å². The van der Waals surface area contributed by atoms with Crippen LogP contribution >= 0.6 is 22.9 Å². The Morgan fingerprint density at radius 1 is 1.19 bits per heavy atom. The van der Waals surface area contributed by atoms with E-state index in [9.17, 15) is 4.79 Å². The van der Waals surface area contributed by atoms with Crippen LogP contribution in [0.2, 0.25) is 5.02 Å². The highest BCUT2D eigenvalue weighted by Gasteiger charge is 2.33. The first kappa shape index (κ1) is 18.7. The van der Waals surface area contributed by atoms with Crippen LogP contribution in [0.5, 0.6) is 0 Å². The van der Waals surface area contributed by atoms with Gasteiger partial charge in [-0.3, -0.25) is 9.69 Å². The Labute approximate surface area is 169 Å². The molecule has 1 N–H and O–H groups in total. The summed E-state index contributed by atoms with van der Waals surface area (Å²) in [5, 5.41) is 7.01. The lowest BCUT2D eigenvalue weighted by atomic mass is 10.0. The monoisotopic (exact) mass is 404 g/mol. The summed E-state index contributed by atoms with van der Waals surface area (Å²) in [6, 6.07) is 8.27. The van der Waals surface area contributed by atoms with Crippen molar-refractivity contribution in [1.29, 1.82) is 0 Å². The van der Waals surface area contributed by atoms with Crippen LogP contribution in [0.3, 0.4) is 0 Å². The molecule has 2 saturated heterocycles. The minimum absolute atomic E-state index is 0.0664. The Morgan fingerprint density at radius 3 is 2.67 bits per heavy atom. The fourth-order valence-corrected chi connectivity index (χ4v) is 4.85. The Bertz CT molecular complexity index is 744. The van der Waals surface area contributed by atoms with Gasteiger partial charge in [-0.1, -0.05) is 23.7 Å². The molecule has 3 heterocycles. The van der Waals surface area contributed by atoms with Gasteiger partial charge in [-0.15, -0.1) is 11.3 Å². The minimum atomic E-state index is -0.0664. The molecule has 144 valence electrons. The molecule has 2 fully saturated rings. The summed E-state index contributed by atoms with van der Waals surface area (Å²) in [6.07, 6.45) is 5.79. The highest BCUT2D eigenvalue weighted by molar-refractivity contribution is 7.13. The zero-order valence-corrected chi connectivity index (χ0v) is 16.9. The van der Waals surface area contributed by atoms with Gasteiger partial charge in [-0.25, -0.2) is 4.98 Å². The van der Waals surface area contributed by atoms with Crippen molar-refractivity contribution in [2.75, 3.05) is 24.5 Å². The topological polar surface area (TPSA) is 48.5 Å². The lowest BCUT2D eigenvalue weighted by Crippen LogP contribution is -2.50. The third kappa shape index (κ3) is 4.62. The van der Waals surface area contributed by atoms with Crippen molar-refractivity contribution in [3.8, 4) is 0 Å². The number of carbonyl (C=O) groups is 1. The van der Waals surface area contributed by atoms with Gasteiger partial charge in [-0.05, 0) is 43.4 Å². The van der Waals surface area contributed by atoms with Crippen molar-refractivity contribution >= 4 is 34.0 Å². The Hall–Kier alpha value is -1.63. The molecule has 2 aliphatic heterocycles. The molecule has 7 heteroatoms. The molecule has 1 atom stereocenters. The first-order valence-corrected chi connectivity index (χ1v) is 10.9. The first-order valence-electron chi connectivity index (χ1n) is 9.62. The van der Waals surface area contributed by atoms with E-state index in [1.54, 1.807) is 11.3 Å². The number of hydrogen-bond donors (Lipinski definition) is 1. The van der Waals surface area contributed by atoms with Crippen molar-refractivity contribution in [2.24, 2.45) is 0 Å². The number of thiazole rings is 1. The van der Waals surface area contributed by atoms with Crippen molar-refractivity contribution in [1.82, 2.24) is 15.2 Å². The normalized spacial score (nSPS) is 21.5. The van der Waals surface area contributed by atoms with Gasteiger partial charge in [0.2, 0.25) is 5.91 Å². The van der Waals surface area contributed by atoms with Gasteiger partial charge in [-0.2, -0.15) is 0 Å². The molecule has 27 heavy (non-hydrogen) atoms. The maximum atomic E-state index is 12.8. The number of amides is 1. The predicted octanol–water partition coefficient (Wildman–Crippen LogP) is 3.55. The number of nitrogens with one attached hydrogen (secondary N) is 1. The molecule has 2 aromatic rings. The fourth-order valence-electron chi connectivity index (χ4n) is 4.01. The molecule has 0 spiro atoms. The molecule has 0 aliphatic carbocycles. The van der Waals surface area contributed by atoms with Gasteiger partial charge >= 0.3 is 0 Å². The number of anilines is 1. The maximum Gasteiger partial charge on any atom is 0.243 e. The molecule has 5 nitrogen and oxygen atoms in total. The average molecular weight is 405 g/mol. The van der Waals surface area contributed by atoms with Gasteiger partial charge in [0.25, 0.3) is 0 Å². The third-order valence-electron chi connectivity index (χ3n) is 5.47.